The van der Waals surface area contributed by atoms with Gasteiger partial charge in [-0.25, -0.2) is 0 Å². The molecule has 1 aromatic carbocycles. The largest absolute Gasteiger partial charge is 0.382 e. The zero-order valence-corrected chi connectivity index (χ0v) is 14.1. The van der Waals surface area contributed by atoms with Crippen LogP contribution in [0, 0.1) is 11.8 Å². The third kappa shape index (κ3) is 3.04. The van der Waals surface area contributed by atoms with Gasteiger partial charge in [-0.1, -0.05) is 28.4 Å². The molecule has 1 aliphatic heterocycles. The summed E-state index contributed by atoms with van der Waals surface area (Å²) in [5, 5.41) is 3.83. The number of nitrogens with one attached hydrogen (secondary N) is 1. The van der Waals surface area contributed by atoms with Crippen molar-refractivity contribution in [2.45, 2.75) is 45.2 Å². The summed E-state index contributed by atoms with van der Waals surface area (Å²) in [5.74, 6) is 1.62. The molecule has 3 heteroatoms. The van der Waals surface area contributed by atoms with Crippen LogP contribution in [0.2, 0.25) is 0 Å². The molecule has 0 spiro atoms. The Hall–Kier alpha value is -0.540. The van der Waals surface area contributed by atoms with Crippen LogP contribution < -0.4 is 5.32 Å². The number of anilines is 1. The third-order valence-electron chi connectivity index (χ3n) is 4.99. The summed E-state index contributed by atoms with van der Waals surface area (Å²) in [6, 6.07) is 9.94. The van der Waals surface area contributed by atoms with Crippen LogP contribution in [-0.2, 0) is 0 Å². The molecule has 2 atom stereocenters. The fourth-order valence-electron chi connectivity index (χ4n) is 3.90. The Morgan fingerprint density at radius 3 is 2.50 bits per heavy atom. The lowest BCUT2D eigenvalue weighted by atomic mass is 9.73. The van der Waals surface area contributed by atoms with Crippen molar-refractivity contribution in [3.05, 3.63) is 28.7 Å². The van der Waals surface area contributed by atoms with Crippen molar-refractivity contribution in [2.75, 3.05) is 18.4 Å². The Balaban J connectivity index is 1.73. The minimum absolute atomic E-state index is 0.660. The summed E-state index contributed by atoms with van der Waals surface area (Å²) < 4.78 is 1.16. The normalized spacial score (nSPS) is 30.5. The van der Waals surface area contributed by atoms with Gasteiger partial charge in [-0.05, 0) is 56.7 Å². The quantitative estimate of drug-likeness (QED) is 0.881. The van der Waals surface area contributed by atoms with E-state index in [1.165, 1.54) is 38.0 Å². The van der Waals surface area contributed by atoms with Crippen LogP contribution in [-0.4, -0.2) is 30.1 Å². The molecule has 0 amide bonds. The Morgan fingerprint density at radius 1 is 1.20 bits per heavy atom. The van der Waals surface area contributed by atoms with Gasteiger partial charge in [0.15, 0.2) is 0 Å². The highest BCUT2D eigenvalue weighted by atomic mass is 79.9. The van der Waals surface area contributed by atoms with Gasteiger partial charge in [-0.15, -0.1) is 0 Å². The Morgan fingerprint density at radius 2 is 1.90 bits per heavy atom. The molecule has 1 aromatic rings. The molecular weight excluding hydrogens is 312 g/mol. The topological polar surface area (TPSA) is 15.3 Å². The van der Waals surface area contributed by atoms with Crippen LogP contribution in [0.25, 0.3) is 0 Å². The fraction of sp³-hybridized carbons (Fsp3) is 0.647. The molecule has 0 aromatic heterocycles. The van der Waals surface area contributed by atoms with Gasteiger partial charge in [0.1, 0.15) is 0 Å². The maximum absolute atomic E-state index is 3.83. The van der Waals surface area contributed by atoms with E-state index in [2.05, 4.69) is 64.3 Å². The first-order valence-electron chi connectivity index (χ1n) is 7.89. The number of rotatable bonds is 3. The van der Waals surface area contributed by atoms with Crippen molar-refractivity contribution in [1.82, 2.24) is 4.90 Å². The van der Waals surface area contributed by atoms with Crippen LogP contribution in [0.4, 0.5) is 5.69 Å². The molecule has 2 nitrogen and oxygen atoms in total. The summed E-state index contributed by atoms with van der Waals surface area (Å²) in [5.41, 5.74) is 1.26. The Bertz CT molecular complexity index is 446. The van der Waals surface area contributed by atoms with Crippen LogP contribution in [0.5, 0.6) is 0 Å². The number of fused-ring (bicyclic) bond motifs is 2. The zero-order valence-electron chi connectivity index (χ0n) is 12.5. The molecule has 2 bridgehead atoms. The smallest absolute Gasteiger partial charge is 0.0353 e. The molecule has 1 saturated carbocycles. The van der Waals surface area contributed by atoms with Crippen LogP contribution >= 0.6 is 15.9 Å². The first-order chi connectivity index (χ1) is 9.63. The molecule has 2 fully saturated rings. The van der Waals surface area contributed by atoms with Gasteiger partial charge in [0.25, 0.3) is 0 Å². The zero-order chi connectivity index (χ0) is 14.1. The first kappa shape index (κ1) is 14.4. The highest BCUT2D eigenvalue weighted by Crippen LogP contribution is 2.37. The van der Waals surface area contributed by atoms with Crippen molar-refractivity contribution < 1.29 is 0 Å². The van der Waals surface area contributed by atoms with Crippen LogP contribution in [0.1, 0.15) is 33.1 Å². The van der Waals surface area contributed by atoms with E-state index in [1.54, 1.807) is 0 Å². The van der Waals surface area contributed by atoms with E-state index < -0.39 is 0 Å². The number of benzene rings is 1. The number of hydrogen-bond acceptors (Lipinski definition) is 2. The molecule has 1 saturated heterocycles. The number of piperidine rings is 1. The second kappa shape index (κ2) is 6.07. The number of likely N-dealkylation sites (tertiary alicyclic amines) is 1. The maximum atomic E-state index is 3.83. The molecule has 20 heavy (non-hydrogen) atoms. The second-order valence-electron chi connectivity index (χ2n) is 6.68. The van der Waals surface area contributed by atoms with E-state index in [-0.39, 0.29) is 0 Å². The SMILES string of the molecule is CC(C)N1CC2CCCC(C1)C2Nc1cccc(Br)c1. The average molecular weight is 337 g/mol. The molecule has 1 heterocycles. The third-order valence-corrected chi connectivity index (χ3v) is 5.49. The molecule has 2 aliphatic rings. The predicted molar refractivity (Wildman–Crippen MR) is 89.1 cm³/mol. The molecule has 3 rings (SSSR count). The molecular formula is C17H25BrN2. The van der Waals surface area contributed by atoms with Crippen molar-refractivity contribution in [2.24, 2.45) is 11.8 Å². The lowest BCUT2D eigenvalue weighted by Gasteiger charge is -2.49. The molecule has 0 radical (unpaired) electrons. The minimum atomic E-state index is 0.660. The molecule has 2 unspecified atom stereocenters. The predicted octanol–water partition coefficient (Wildman–Crippen LogP) is 4.37. The highest BCUT2D eigenvalue weighted by molar-refractivity contribution is 9.10. The summed E-state index contributed by atoms with van der Waals surface area (Å²) in [6.45, 7) is 7.19. The van der Waals surface area contributed by atoms with Gasteiger partial charge in [-0.3, -0.25) is 0 Å². The molecule has 1 N–H and O–H groups in total. The summed E-state index contributed by atoms with van der Waals surface area (Å²) in [6.07, 6.45) is 4.18. The summed E-state index contributed by atoms with van der Waals surface area (Å²) >= 11 is 3.57. The van der Waals surface area contributed by atoms with Gasteiger partial charge in [0, 0.05) is 35.3 Å². The molecule has 1 aliphatic carbocycles. The minimum Gasteiger partial charge on any atom is -0.382 e. The van der Waals surface area contributed by atoms with Gasteiger partial charge in [-0.2, -0.15) is 0 Å². The summed E-state index contributed by atoms with van der Waals surface area (Å²) in [7, 11) is 0. The fourth-order valence-corrected chi connectivity index (χ4v) is 4.30. The Kier molecular flexibility index (Phi) is 4.37. The van der Waals surface area contributed by atoms with Crippen molar-refractivity contribution in [3.63, 3.8) is 0 Å². The number of hydrogen-bond donors (Lipinski definition) is 1. The van der Waals surface area contributed by atoms with E-state index in [0.717, 1.165) is 16.3 Å². The van der Waals surface area contributed by atoms with Crippen molar-refractivity contribution in [3.8, 4) is 0 Å². The van der Waals surface area contributed by atoms with Gasteiger partial charge >= 0.3 is 0 Å². The van der Waals surface area contributed by atoms with Crippen molar-refractivity contribution >= 4 is 21.6 Å². The average Bonchev–Trinajstić information content (AvgIpc) is 2.38. The van der Waals surface area contributed by atoms with E-state index in [0.29, 0.717) is 12.1 Å². The first-order valence-corrected chi connectivity index (χ1v) is 8.69. The highest BCUT2D eigenvalue weighted by Gasteiger charge is 2.39. The van der Waals surface area contributed by atoms with Crippen LogP contribution in [0.15, 0.2) is 28.7 Å². The lowest BCUT2D eigenvalue weighted by molar-refractivity contribution is 0.0518. The number of halogens is 1. The summed E-state index contributed by atoms with van der Waals surface area (Å²) in [4.78, 5) is 2.67. The molecule has 110 valence electrons. The van der Waals surface area contributed by atoms with Crippen LogP contribution in [0.3, 0.4) is 0 Å². The lowest BCUT2D eigenvalue weighted by Crippen LogP contribution is -2.56. The van der Waals surface area contributed by atoms with E-state index in [1.807, 2.05) is 0 Å². The van der Waals surface area contributed by atoms with Gasteiger partial charge in [0.05, 0.1) is 0 Å². The van der Waals surface area contributed by atoms with E-state index in [4.69, 9.17) is 0 Å². The van der Waals surface area contributed by atoms with Gasteiger partial charge in [0.2, 0.25) is 0 Å². The van der Waals surface area contributed by atoms with Gasteiger partial charge < -0.3 is 10.2 Å². The maximum Gasteiger partial charge on any atom is 0.0353 e. The Labute approximate surface area is 131 Å². The standard InChI is InChI=1S/C17H25BrN2/c1-12(2)20-10-13-5-3-6-14(11-20)17(13)19-16-8-4-7-15(18)9-16/h4,7-9,12-14,17,19H,3,5-6,10-11H2,1-2H3. The number of nitrogens with zero attached hydrogens (tertiary/aromatic N) is 1. The van der Waals surface area contributed by atoms with Crippen molar-refractivity contribution in [1.29, 1.82) is 0 Å². The van der Waals surface area contributed by atoms with E-state index >= 15 is 0 Å². The monoisotopic (exact) mass is 336 g/mol. The second-order valence-corrected chi connectivity index (χ2v) is 7.59. The van der Waals surface area contributed by atoms with E-state index in [9.17, 15) is 0 Å².